The van der Waals surface area contributed by atoms with E-state index >= 15 is 0 Å². The molecule has 1 unspecified atom stereocenters. The zero-order valence-electron chi connectivity index (χ0n) is 10.5. The van der Waals surface area contributed by atoms with Crippen molar-refractivity contribution in [3.05, 3.63) is 30.0 Å². The van der Waals surface area contributed by atoms with Gasteiger partial charge in [0.15, 0.2) is 0 Å². The molecular weight excluding hydrogens is 226 g/mol. The monoisotopic (exact) mass is 243 g/mol. The van der Waals surface area contributed by atoms with Crippen molar-refractivity contribution in [3.63, 3.8) is 0 Å². The number of benzene rings is 1. The fourth-order valence-electron chi connectivity index (χ4n) is 2.66. The minimum absolute atomic E-state index is 0.0806. The topological polar surface area (TPSA) is 46.9 Å². The first-order valence-electron chi connectivity index (χ1n) is 6.40. The zero-order chi connectivity index (χ0) is 12.5. The van der Waals surface area contributed by atoms with Crippen LogP contribution in [0.3, 0.4) is 0 Å². The van der Waals surface area contributed by atoms with E-state index in [9.17, 15) is 4.79 Å². The standard InChI is InChI=1S/C14H17N3O/c1-17-13-5-3-2-4-11(13)12(16-17)8-10-9-15-7-6-14(10)18/h2-5,10,15H,6-9H2,1H3. The first-order chi connectivity index (χ1) is 8.75. The number of Topliss-reactive ketones (excluding diaryl/α,β-unsaturated/α-hetero) is 1. The maximum absolute atomic E-state index is 11.9. The van der Waals surface area contributed by atoms with E-state index in [0.717, 1.165) is 30.7 Å². The molecule has 4 heteroatoms. The molecule has 0 amide bonds. The van der Waals surface area contributed by atoms with E-state index in [4.69, 9.17) is 0 Å². The van der Waals surface area contributed by atoms with Crippen LogP contribution < -0.4 is 5.32 Å². The molecule has 0 spiro atoms. The molecule has 1 fully saturated rings. The number of nitrogens with zero attached hydrogens (tertiary/aromatic N) is 2. The van der Waals surface area contributed by atoms with E-state index in [2.05, 4.69) is 22.5 Å². The summed E-state index contributed by atoms with van der Waals surface area (Å²) in [5.41, 5.74) is 2.17. The average molecular weight is 243 g/mol. The van der Waals surface area contributed by atoms with Crippen LogP contribution in [0.1, 0.15) is 12.1 Å². The van der Waals surface area contributed by atoms with Crippen molar-refractivity contribution in [2.75, 3.05) is 13.1 Å². The van der Waals surface area contributed by atoms with Crippen LogP contribution in [0.4, 0.5) is 0 Å². The van der Waals surface area contributed by atoms with Crippen molar-refractivity contribution >= 4 is 16.7 Å². The van der Waals surface area contributed by atoms with Crippen molar-refractivity contribution in [2.45, 2.75) is 12.8 Å². The normalized spacial score (nSPS) is 20.5. The van der Waals surface area contributed by atoms with Gasteiger partial charge in [0.05, 0.1) is 11.2 Å². The van der Waals surface area contributed by atoms with Crippen LogP contribution >= 0.6 is 0 Å². The quantitative estimate of drug-likeness (QED) is 0.864. The van der Waals surface area contributed by atoms with Crippen LogP contribution in [0.15, 0.2) is 24.3 Å². The lowest BCUT2D eigenvalue weighted by molar-refractivity contribution is -0.123. The smallest absolute Gasteiger partial charge is 0.138 e. The number of nitrogens with one attached hydrogen (secondary N) is 1. The minimum atomic E-state index is 0.0806. The highest BCUT2D eigenvalue weighted by Crippen LogP contribution is 2.21. The second-order valence-corrected chi connectivity index (χ2v) is 4.91. The number of aromatic nitrogens is 2. The van der Waals surface area contributed by atoms with Gasteiger partial charge < -0.3 is 5.32 Å². The predicted octanol–water partition coefficient (Wildman–Crippen LogP) is 1.29. The molecular formula is C14H17N3O. The maximum atomic E-state index is 11.9. The lowest BCUT2D eigenvalue weighted by atomic mass is 9.92. The molecule has 18 heavy (non-hydrogen) atoms. The van der Waals surface area contributed by atoms with Gasteiger partial charge >= 0.3 is 0 Å². The van der Waals surface area contributed by atoms with Crippen LogP contribution in [0.5, 0.6) is 0 Å². The third-order valence-electron chi connectivity index (χ3n) is 3.67. The van der Waals surface area contributed by atoms with E-state index in [1.165, 1.54) is 5.39 Å². The summed E-state index contributed by atoms with van der Waals surface area (Å²) in [6, 6.07) is 8.18. The molecule has 4 nitrogen and oxygen atoms in total. The molecule has 1 atom stereocenters. The fourth-order valence-corrected chi connectivity index (χ4v) is 2.66. The first-order valence-corrected chi connectivity index (χ1v) is 6.40. The highest BCUT2D eigenvalue weighted by atomic mass is 16.1. The predicted molar refractivity (Wildman–Crippen MR) is 70.4 cm³/mol. The Kier molecular flexibility index (Phi) is 2.88. The average Bonchev–Trinajstić information content (AvgIpc) is 2.70. The Hall–Kier alpha value is -1.68. The number of rotatable bonds is 2. The van der Waals surface area contributed by atoms with Crippen LogP contribution in [-0.2, 0) is 18.3 Å². The van der Waals surface area contributed by atoms with Crippen LogP contribution in [-0.4, -0.2) is 28.7 Å². The molecule has 1 aromatic carbocycles. The number of para-hydroxylation sites is 1. The van der Waals surface area contributed by atoms with Gasteiger partial charge in [-0.3, -0.25) is 9.48 Å². The summed E-state index contributed by atoms with van der Waals surface area (Å²) in [6.45, 7) is 1.60. The largest absolute Gasteiger partial charge is 0.316 e. The Morgan fingerprint density at radius 3 is 3.11 bits per heavy atom. The number of aryl methyl sites for hydroxylation is 1. The number of ketones is 1. The third-order valence-corrected chi connectivity index (χ3v) is 3.67. The Bertz CT molecular complexity index is 588. The second-order valence-electron chi connectivity index (χ2n) is 4.91. The number of carbonyl (C=O) groups excluding carboxylic acids is 1. The molecule has 2 aromatic rings. The summed E-state index contributed by atoms with van der Waals surface area (Å²) < 4.78 is 1.89. The molecule has 1 aromatic heterocycles. The number of fused-ring (bicyclic) bond motifs is 1. The fraction of sp³-hybridized carbons (Fsp3) is 0.429. The van der Waals surface area contributed by atoms with Gasteiger partial charge in [-0.15, -0.1) is 0 Å². The van der Waals surface area contributed by atoms with Crippen molar-refractivity contribution in [1.82, 2.24) is 15.1 Å². The highest BCUT2D eigenvalue weighted by Gasteiger charge is 2.24. The molecule has 3 rings (SSSR count). The van der Waals surface area contributed by atoms with E-state index in [1.807, 2.05) is 23.9 Å². The third kappa shape index (κ3) is 1.93. The Balaban J connectivity index is 1.92. The van der Waals surface area contributed by atoms with Gasteiger partial charge in [0.2, 0.25) is 0 Å². The summed E-state index contributed by atoms with van der Waals surface area (Å²) >= 11 is 0. The van der Waals surface area contributed by atoms with Gasteiger partial charge in [0.1, 0.15) is 5.78 Å². The van der Waals surface area contributed by atoms with Gasteiger partial charge in [-0.1, -0.05) is 18.2 Å². The van der Waals surface area contributed by atoms with Crippen molar-refractivity contribution in [1.29, 1.82) is 0 Å². The summed E-state index contributed by atoms with van der Waals surface area (Å²) in [4.78, 5) is 11.9. The molecule has 1 aliphatic heterocycles. The highest BCUT2D eigenvalue weighted by molar-refractivity contribution is 5.85. The van der Waals surface area contributed by atoms with Crippen LogP contribution in [0, 0.1) is 5.92 Å². The molecule has 94 valence electrons. The first kappa shape index (κ1) is 11.4. The van der Waals surface area contributed by atoms with Crippen LogP contribution in [0.25, 0.3) is 10.9 Å². The van der Waals surface area contributed by atoms with E-state index in [0.29, 0.717) is 12.2 Å². The van der Waals surface area contributed by atoms with Gasteiger partial charge in [0.25, 0.3) is 0 Å². The lowest BCUT2D eigenvalue weighted by Crippen LogP contribution is -2.38. The SMILES string of the molecule is Cn1nc(CC2CNCCC2=O)c2ccccc21. The van der Waals surface area contributed by atoms with Gasteiger partial charge in [-0.25, -0.2) is 0 Å². The van der Waals surface area contributed by atoms with Crippen molar-refractivity contribution < 1.29 is 4.79 Å². The number of hydrogen-bond donors (Lipinski definition) is 1. The number of hydrogen-bond acceptors (Lipinski definition) is 3. The molecule has 0 radical (unpaired) electrons. The second kappa shape index (κ2) is 4.53. The van der Waals surface area contributed by atoms with E-state index in [-0.39, 0.29) is 5.92 Å². The Labute approximate surface area is 106 Å². The maximum Gasteiger partial charge on any atom is 0.138 e. The molecule has 1 aliphatic rings. The van der Waals surface area contributed by atoms with Crippen molar-refractivity contribution in [3.8, 4) is 0 Å². The van der Waals surface area contributed by atoms with Crippen LogP contribution in [0.2, 0.25) is 0 Å². The Morgan fingerprint density at radius 1 is 1.44 bits per heavy atom. The number of carbonyl (C=O) groups is 1. The molecule has 0 aliphatic carbocycles. The summed E-state index contributed by atoms with van der Waals surface area (Å²) in [6.07, 6.45) is 1.39. The minimum Gasteiger partial charge on any atom is -0.316 e. The molecule has 1 N–H and O–H groups in total. The van der Waals surface area contributed by atoms with Gasteiger partial charge in [-0.2, -0.15) is 5.10 Å². The number of piperidine rings is 1. The molecule has 0 saturated carbocycles. The lowest BCUT2D eigenvalue weighted by Gasteiger charge is -2.20. The Morgan fingerprint density at radius 2 is 2.28 bits per heavy atom. The molecule has 0 bridgehead atoms. The molecule has 1 saturated heterocycles. The summed E-state index contributed by atoms with van der Waals surface area (Å²) in [5.74, 6) is 0.445. The molecule has 2 heterocycles. The zero-order valence-corrected chi connectivity index (χ0v) is 10.5. The summed E-state index contributed by atoms with van der Waals surface area (Å²) in [5, 5.41) is 9.01. The van der Waals surface area contributed by atoms with Gasteiger partial charge in [-0.05, 0) is 6.07 Å². The van der Waals surface area contributed by atoms with E-state index in [1.54, 1.807) is 0 Å². The summed E-state index contributed by atoms with van der Waals surface area (Å²) in [7, 11) is 1.95. The van der Waals surface area contributed by atoms with Crippen molar-refractivity contribution in [2.24, 2.45) is 13.0 Å². The van der Waals surface area contributed by atoms with Gasteiger partial charge in [0, 0.05) is 44.3 Å². The van der Waals surface area contributed by atoms with E-state index < -0.39 is 0 Å².